The van der Waals surface area contributed by atoms with Crippen molar-refractivity contribution in [2.45, 2.75) is 57.3 Å². The molecule has 0 N–H and O–H groups in total. The van der Waals surface area contributed by atoms with Gasteiger partial charge in [-0.15, -0.1) is 10.2 Å². The molecule has 1 saturated carbocycles. The third-order valence-corrected chi connectivity index (χ3v) is 10.8. The zero-order valence-corrected chi connectivity index (χ0v) is 31.9. The fourth-order valence-corrected chi connectivity index (χ4v) is 8.01. The summed E-state index contributed by atoms with van der Waals surface area (Å²) < 4.78 is 46.8. The highest BCUT2D eigenvalue weighted by atomic mass is 32.2. The van der Waals surface area contributed by atoms with Gasteiger partial charge in [-0.25, -0.2) is 13.8 Å². The molecule has 55 heavy (non-hydrogen) atoms. The molecule has 7 rings (SSSR count). The van der Waals surface area contributed by atoms with E-state index in [2.05, 4.69) is 10.2 Å². The van der Waals surface area contributed by atoms with Crippen LogP contribution in [0, 0.1) is 17.6 Å². The van der Waals surface area contributed by atoms with Gasteiger partial charge in [0.15, 0.2) is 22.5 Å². The summed E-state index contributed by atoms with van der Waals surface area (Å²) in [7, 11) is 1.62. The Kier molecular flexibility index (Phi) is 11.9. The summed E-state index contributed by atoms with van der Waals surface area (Å²) in [4.78, 5) is 14.3. The molecule has 9 nitrogen and oxygen atoms in total. The first-order valence-corrected chi connectivity index (χ1v) is 19.5. The number of fused-ring (bicyclic) bond motifs is 1. The molecule has 2 heterocycles. The van der Waals surface area contributed by atoms with Gasteiger partial charge in [0.1, 0.15) is 17.4 Å². The normalized spacial score (nSPS) is 17.2. The first-order valence-electron chi connectivity index (χ1n) is 18.6. The van der Waals surface area contributed by atoms with Crippen molar-refractivity contribution in [3.05, 3.63) is 125 Å². The Bertz CT molecular complexity index is 2170. The number of methoxy groups -OCH3 is 1. The van der Waals surface area contributed by atoms with Crippen molar-refractivity contribution in [3.63, 3.8) is 0 Å². The number of aromatic nitrogens is 3. The first kappa shape index (κ1) is 37.8. The van der Waals surface area contributed by atoms with Crippen LogP contribution in [0.25, 0.3) is 17.5 Å². The second-order valence-electron chi connectivity index (χ2n) is 13.3. The van der Waals surface area contributed by atoms with Crippen LogP contribution in [0.1, 0.15) is 55.8 Å². The summed E-state index contributed by atoms with van der Waals surface area (Å²) in [5.41, 5.74) is 5.46. The first-order chi connectivity index (χ1) is 26.8. The van der Waals surface area contributed by atoms with E-state index in [0.29, 0.717) is 48.7 Å². The predicted molar refractivity (Wildman–Crippen MR) is 210 cm³/mol. The van der Waals surface area contributed by atoms with Crippen LogP contribution in [0.3, 0.4) is 0 Å². The number of carbonyl (C=O) groups excluding carboxylic acids is 1. The van der Waals surface area contributed by atoms with Gasteiger partial charge in [0, 0.05) is 18.0 Å². The lowest BCUT2D eigenvalue weighted by atomic mass is 9.77. The summed E-state index contributed by atoms with van der Waals surface area (Å²) >= 11 is 1.31. The highest BCUT2D eigenvalue weighted by Gasteiger charge is 2.43. The highest BCUT2D eigenvalue weighted by molar-refractivity contribution is 7.99. The number of thioether (sulfide) groups is 1. The van der Waals surface area contributed by atoms with E-state index in [1.165, 1.54) is 36.0 Å². The van der Waals surface area contributed by atoms with E-state index < -0.39 is 6.04 Å². The van der Waals surface area contributed by atoms with E-state index in [9.17, 15) is 13.6 Å². The smallest absolute Gasteiger partial charge is 0.253 e. The van der Waals surface area contributed by atoms with Crippen LogP contribution >= 0.6 is 11.8 Å². The molecule has 0 radical (unpaired) electrons. The van der Waals surface area contributed by atoms with Gasteiger partial charge in [-0.05, 0) is 129 Å². The molecule has 1 aliphatic carbocycles. The number of hydrogen-bond acceptors (Lipinski definition) is 8. The number of rotatable bonds is 14. The van der Waals surface area contributed by atoms with Gasteiger partial charge in [0.2, 0.25) is 0 Å². The van der Waals surface area contributed by atoms with Crippen molar-refractivity contribution < 1.29 is 27.8 Å². The highest BCUT2D eigenvalue weighted by Crippen LogP contribution is 2.45. The third kappa shape index (κ3) is 8.59. The average molecular weight is 764 g/mol. The Morgan fingerprint density at radius 2 is 1.60 bits per heavy atom. The van der Waals surface area contributed by atoms with E-state index in [0.717, 1.165) is 58.6 Å². The largest absolute Gasteiger partial charge is 0.497 e. The molecular formula is C43H43F2N5O4S. The maximum absolute atomic E-state index is 14.3. The van der Waals surface area contributed by atoms with Crippen LogP contribution in [0.5, 0.6) is 17.2 Å². The Labute approximate surface area is 324 Å². The maximum Gasteiger partial charge on any atom is 0.253 e. The molecular weight excluding hydrogens is 721 g/mol. The van der Waals surface area contributed by atoms with Crippen molar-refractivity contribution in [3.8, 4) is 28.6 Å². The zero-order valence-electron chi connectivity index (χ0n) is 31.1. The average Bonchev–Trinajstić information content (AvgIpc) is 3.81. The number of nitrogens with zero attached hydrogens (tertiary/aromatic N) is 5. The molecule has 1 fully saturated rings. The van der Waals surface area contributed by atoms with Crippen LogP contribution in [-0.2, 0) is 17.8 Å². The van der Waals surface area contributed by atoms with E-state index in [1.54, 1.807) is 36.4 Å². The molecule has 12 heteroatoms. The van der Waals surface area contributed by atoms with Gasteiger partial charge < -0.3 is 18.8 Å². The molecule has 5 aromatic rings. The fraction of sp³-hybridized carbons (Fsp3) is 0.302. The molecule has 0 bridgehead atoms. The van der Waals surface area contributed by atoms with Crippen LogP contribution in [0.2, 0.25) is 0 Å². The van der Waals surface area contributed by atoms with Crippen molar-refractivity contribution in [1.82, 2.24) is 19.8 Å². The van der Waals surface area contributed by atoms with Gasteiger partial charge in [0.25, 0.3) is 5.91 Å². The van der Waals surface area contributed by atoms with Gasteiger partial charge in [-0.1, -0.05) is 42.1 Å². The van der Waals surface area contributed by atoms with Crippen molar-refractivity contribution >= 4 is 29.5 Å². The van der Waals surface area contributed by atoms with Gasteiger partial charge in [0.05, 0.1) is 37.8 Å². The molecule has 2 atom stereocenters. The minimum atomic E-state index is -0.396. The van der Waals surface area contributed by atoms with E-state index in [1.807, 2.05) is 67.0 Å². The van der Waals surface area contributed by atoms with Gasteiger partial charge >= 0.3 is 0 Å². The number of amides is 1. The van der Waals surface area contributed by atoms with Crippen LogP contribution in [-0.4, -0.2) is 57.5 Å². The lowest BCUT2D eigenvalue weighted by Crippen LogP contribution is -2.33. The fourth-order valence-electron chi connectivity index (χ4n) is 7.20. The molecule has 1 amide bonds. The molecule has 0 saturated heterocycles. The SMILES string of the molecule is CCOc1ccc(CCn2c(SCC(=O)N3N=C4/C(=C\c5ccc(F)cc5)CCCC4C3c3ccc(F)cc3)nnc2-c2ccc(OC)cc2)cc1OCC. The second kappa shape index (κ2) is 17.3. The monoisotopic (exact) mass is 763 g/mol. The minimum absolute atomic E-state index is 0.0521. The van der Waals surface area contributed by atoms with Crippen LogP contribution < -0.4 is 14.2 Å². The van der Waals surface area contributed by atoms with Crippen LogP contribution in [0.4, 0.5) is 8.78 Å². The minimum Gasteiger partial charge on any atom is -0.497 e. The number of benzene rings is 4. The number of carbonyl (C=O) groups is 1. The number of ether oxygens (including phenoxy) is 3. The second-order valence-corrected chi connectivity index (χ2v) is 14.3. The van der Waals surface area contributed by atoms with Gasteiger partial charge in [-0.3, -0.25) is 4.79 Å². The Balaban J connectivity index is 1.17. The summed E-state index contributed by atoms with van der Waals surface area (Å²) in [5.74, 6) is 1.93. The Morgan fingerprint density at radius 1 is 0.891 bits per heavy atom. The number of allylic oxidation sites excluding steroid dienone is 1. The van der Waals surface area contributed by atoms with Gasteiger partial charge in [-0.2, -0.15) is 5.10 Å². The summed E-state index contributed by atoms with van der Waals surface area (Å²) in [6.07, 6.45) is 5.20. The quantitative estimate of drug-likeness (QED) is 0.104. The number of hydrogen-bond donors (Lipinski definition) is 0. The van der Waals surface area contributed by atoms with Crippen molar-refractivity contribution in [1.29, 1.82) is 0 Å². The summed E-state index contributed by atoms with van der Waals surface area (Å²) in [6.45, 7) is 5.47. The molecule has 1 aromatic heterocycles. The summed E-state index contributed by atoms with van der Waals surface area (Å²) in [6, 6.07) is 25.9. The number of hydrazone groups is 1. The Hall–Kier alpha value is -5.49. The number of halogens is 2. The molecule has 2 aliphatic rings. The van der Waals surface area contributed by atoms with Crippen LogP contribution in [0.15, 0.2) is 107 Å². The van der Waals surface area contributed by atoms with E-state index in [-0.39, 0.29) is 29.2 Å². The van der Waals surface area contributed by atoms with Crippen molar-refractivity contribution in [2.75, 3.05) is 26.1 Å². The number of aryl methyl sites for hydroxylation is 1. The Morgan fingerprint density at radius 3 is 2.31 bits per heavy atom. The standard InChI is InChI=1S/C43H43F2N5O4S/c1-4-53-37-22-11-29(26-38(37)54-5-2)23-24-49-42(31-14-20-35(52-3)21-15-31)46-47-43(49)55-27-39(51)50-41(30-12-18-34(45)19-13-30)36-8-6-7-32(40(36)48-50)25-28-9-16-33(44)17-10-28/h9-22,25-26,36,41H,4-8,23-24,27H2,1-3H3/b32-25-. The maximum atomic E-state index is 14.3. The zero-order chi connectivity index (χ0) is 38.3. The van der Waals surface area contributed by atoms with Crippen molar-refractivity contribution in [2.24, 2.45) is 11.0 Å². The van der Waals surface area contributed by atoms with E-state index >= 15 is 0 Å². The van der Waals surface area contributed by atoms with E-state index in [4.69, 9.17) is 19.3 Å². The molecule has 4 aromatic carbocycles. The topological polar surface area (TPSA) is 91.1 Å². The molecule has 1 aliphatic heterocycles. The lowest BCUT2D eigenvalue weighted by Gasteiger charge is -2.29. The predicted octanol–water partition coefficient (Wildman–Crippen LogP) is 9.19. The molecule has 2 unspecified atom stereocenters. The lowest BCUT2D eigenvalue weighted by molar-refractivity contribution is -0.130. The summed E-state index contributed by atoms with van der Waals surface area (Å²) in [5, 5.41) is 16.3. The molecule has 284 valence electrons. The molecule has 0 spiro atoms. The third-order valence-electron chi connectivity index (χ3n) is 9.80.